The van der Waals surface area contributed by atoms with E-state index in [0.717, 1.165) is 62.3 Å². The molecule has 2 aromatic rings. The Morgan fingerprint density at radius 1 is 1.18 bits per heavy atom. The molecule has 3 aliphatic rings. The molecule has 1 aromatic heterocycles. The van der Waals surface area contributed by atoms with Gasteiger partial charge in [-0.2, -0.15) is 0 Å². The summed E-state index contributed by atoms with van der Waals surface area (Å²) in [5, 5.41) is 11.6. The topological polar surface area (TPSA) is 100 Å². The Labute approximate surface area is 232 Å². The van der Waals surface area contributed by atoms with Crippen LogP contribution in [0.15, 0.2) is 24.5 Å². The highest BCUT2D eigenvalue weighted by atomic mass is 19.1. The Kier molecular flexibility index (Phi) is 8.04. The monoisotopic (exact) mass is 555 g/mol. The van der Waals surface area contributed by atoms with Gasteiger partial charge in [0.2, 0.25) is 5.91 Å². The number of pyridine rings is 1. The number of halogens is 2. The number of nitrogens with one attached hydrogen (secondary N) is 2. The highest BCUT2D eigenvalue weighted by molar-refractivity contribution is 6.20. The number of hydrogen-bond donors (Lipinski definition) is 2. The molecule has 3 heterocycles. The minimum Gasteiger partial charge on any atom is -0.493 e. The lowest BCUT2D eigenvalue weighted by Crippen LogP contribution is -2.45. The van der Waals surface area contributed by atoms with Crippen molar-refractivity contribution in [3.05, 3.63) is 53.0 Å². The smallest absolute Gasteiger partial charge is 0.238 e. The Bertz CT molecular complexity index is 1310. The third-order valence-electron chi connectivity index (χ3n) is 7.88. The number of amides is 1. The van der Waals surface area contributed by atoms with Crippen molar-refractivity contribution in [2.75, 3.05) is 58.5 Å². The first kappa shape index (κ1) is 28.0. The van der Waals surface area contributed by atoms with Gasteiger partial charge in [0.25, 0.3) is 0 Å². The molecule has 1 saturated carbocycles. The van der Waals surface area contributed by atoms with Gasteiger partial charge in [0.1, 0.15) is 5.69 Å². The van der Waals surface area contributed by atoms with E-state index in [0.29, 0.717) is 35.4 Å². The van der Waals surface area contributed by atoms with E-state index in [9.17, 15) is 4.79 Å². The van der Waals surface area contributed by atoms with Crippen LogP contribution in [-0.2, 0) is 21.5 Å². The van der Waals surface area contributed by atoms with Crippen molar-refractivity contribution < 1.29 is 27.8 Å². The Hall–Kier alpha value is -3.57. The lowest BCUT2D eigenvalue weighted by molar-refractivity contribution is -0.121. The summed E-state index contributed by atoms with van der Waals surface area (Å²) in [7, 11) is 2.55. The summed E-state index contributed by atoms with van der Waals surface area (Å²) in [6.07, 6.45) is 5.53. The van der Waals surface area contributed by atoms with E-state index in [1.807, 2.05) is 6.07 Å². The molecule has 0 bridgehead atoms. The summed E-state index contributed by atoms with van der Waals surface area (Å²) in [5.41, 5.74) is 1.70. The second kappa shape index (κ2) is 11.5. The Morgan fingerprint density at radius 3 is 2.45 bits per heavy atom. The molecule has 2 N–H and O–H groups in total. The molecule has 0 atom stereocenters. The number of methoxy groups -OCH3 is 2. The summed E-state index contributed by atoms with van der Waals surface area (Å²) in [6, 6.07) is 2.98. The van der Waals surface area contributed by atoms with Gasteiger partial charge >= 0.3 is 0 Å². The van der Waals surface area contributed by atoms with Gasteiger partial charge in [-0.3, -0.25) is 14.7 Å². The van der Waals surface area contributed by atoms with Gasteiger partial charge in [-0.25, -0.2) is 8.78 Å². The molecular formula is C29H35F2N5O4. The SMILES string of the molecule is COc1cc(OC)c(F)c(N2Cc3cnc(/C(=C/NCCCN4CCOCC4)C(C)=N)cc3C3(CC3)C2=O)c1F. The van der Waals surface area contributed by atoms with Crippen molar-refractivity contribution in [2.45, 2.75) is 38.1 Å². The number of anilines is 1. The van der Waals surface area contributed by atoms with E-state index in [1.165, 1.54) is 14.2 Å². The van der Waals surface area contributed by atoms with Crippen molar-refractivity contribution in [3.8, 4) is 11.5 Å². The molecule has 1 saturated heterocycles. The van der Waals surface area contributed by atoms with Crippen LogP contribution in [0.2, 0.25) is 0 Å². The van der Waals surface area contributed by atoms with Gasteiger partial charge in [-0.05, 0) is 49.9 Å². The molecule has 1 spiro atoms. The van der Waals surface area contributed by atoms with Gasteiger partial charge in [-0.1, -0.05) is 0 Å². The molecule has 2 aliphatic heterocycles. The highest BCUT2D eigenvalue weighted by Gasteiger charge is 2.57. The summed E-state index contributed by atoms with van der Waals surface area (Å²) in [4.78, 5) is 21.9. The van der Waals surface area contributed by atoms with Crippen LogP contribution in [0.1, 0.15) is 43.0 Å². The largest absolute Gasteiger partial charge is 0.493 e. The summed E-state index contributed by atoms with van der Waals surface area (Å²) in [5.74, 6) is -2.70. The van der Waals surface area contributed by atoms with E-state index >= 15 is 8.78 Å². The standard InChI is InChI=1S/C29H35F2N5O4/c1-18(32)20(16-33-7-4-8-35-9-11-40-12-10-35)22-13-21-19(15-34-22)17-36(28(37)29(21)5-6-29)27-25(30)23(38-2)14-24(39-3)26(27)31/h13-16,32-33H,4-12,17H2,1-3H3/b20-16+,32-18?. The van der Waals surface area contributed by atoms with E-state index in [-0.39, 0.29) is 24.0 Å². The van der Waals surface area contributed by atoms with Gasteiger partial charge in [0, 0.05) is 49.4 Å². The van der Waals surface area contributed by atoms with E-state index in [4.69, 9.17) is 19.6 Å². The molecule has 9 nitrogen and oxygen atoms in total. The number of morpholine rings is 1. The van der Waals surface area contributed by atoms with Crippen LogP contribution in [0, 0.1) is 17.0 Å². The van der Waals surface area contributed by atoms with Crippen LogP contribution in [0.5, 0.6) is 11.5 Å². The van der Waals surface area contributed by atoms with Crippen LogP contribution < -0.4 is 19.7 Å². The van der Waals surface area contributed by atoms with Gasteiger partial charge in [0.05, 0.1) is 45.1 Å². The molecule has 0 unspecified atom stereocenters. The molecule has 214 valence electrons. The summed E-state index contributed by atoms with van der Waals surface area (Å²) in [6.45, 7) is 6.81. The minimum absolute atomic E-state index is 0.0459. The number of allylic oxidation sites excluding steroid dienone is 1. The minimum atomic E-state index is -0.956. The number of rotatable bonds is 10. The van der Waals surface area contributed by atoms with Crippen molar-refractivity contribution >= 4 is 22.9 Å². The predicted molar refractivity (Wildman–Crippen MR) is 147 cm³/mol. The fourth-order valence-corrected chi connectivity index (χ4v) is 5.49. The zero-order valence-electron chi connectivity index (χ0n) is 23.1. The summed E-state index contributed by atoms with van der Waals surface area (Å²) >= 11 is 0. The van der Waals surface area contributed by atoms with Crippen molar-refractivity contribution in [3.63, 3.8) is 0 Å². The van der Waals surface area contributed by atoms with Crippen molar-refractivity contribution in [1.29, 1.82) is 5.41 Å². The number of ether oxygens (including phenoxy) is 3. The fourth-order valence-electron chi connectivity index (χ4n) is 5.49. The third-order valence-corrected chi connectivity index (χ3v) is 7.88. The highest BCUT2D eigenvalue weighted by Crippen LogP contribution is 2.55. The molecular weight excluding hydrogens is 520 g/mol. The number of nitrogens with zero attached hydrogens (tertiary/aromatic N) is 3. The number of fused-ring (bicyclic) bond motifs is 2. The second-order valence-electron chi connectivity index (χ2n) is 10.4. The van der Waals surface area contributed by atoms with Gasteiger partial charge in [0.15, 0.2) is 23.1 Å². The third kappa shape index (κ3) is 5.15. The molecule has 40 heavy (non-hydrogen) atoms. The molecule has 2 fully saturated rings. The zero-order valence-corrected chi connectivity index (χ0v) is 23.1. The maximum absolute atomic E-state index is 15.3. The lowest BCUT2D eigenvalue weighted by atomic mass is 9.85. The van der Waals surface area contributed by atoms with Gasteiger partial charge < -0.3 is 29.8 Å². The van der Waals surface area contributed by atoms with Crippen molar-refractivity contribution in [1.82, 2.24) is 15.2 Å². The summed E-state index contributed by atoms with van der Waals surface area (Å²) < 4.78 is 46.2. The maximum atomic E-state index is 15.3. The van der Waals surface area contributed by atoms with Crippen molar-refractivity contribution in [2.24, 2.45) is 0 Å². The second-order valence-corrected chi connectivity index (χ2v) is 10.4. The number of carbonyl (C=O) groups excluding carboxylic acids is 1. The first-order valence-electron chi connectivity index (χ1n) is 13.5. The quantitative estimate of drug-likeness (QED) is 0.341. The normalized spacial score (nSPS) is 18.5. The number of hydrogen-bond acceptors (Lipinski definition) is 8. The molecule has 0 radical (unpaired) electrons. The van der Waals surface area contributed by atoms with Crippen LogP contribution in [-0.4, -0.2) is 75.1 Å². The fraction of sp³-hybridized carbons (Fsp3) is 0.483. The van der Waals surface area contributed by atoms with E-state index in [1.54, 1.807) is 19.3 Å². The number of carbonyl (C=O) groups is 1. The zero-order chi connectivity index (χ0) is 28.4. The average molecular weight is 556 g/mol. The average Bonchev–Trinajstić information content (AvgIpc) is 3.76. The molecule has 1 aliphatic carbocycles. The Balaban J connectivity index is 1.39. The molecule has 11 heteroatoms. The number of benzene rings is 1. The van der Waals surface area contributed by atoms with Crippen LogP contribution >= 0.6 is 0 Å². The van der Waals surface area contributed by atoms with Crippen LogP contribution in [0.4, 0.5) is 14.5 Å². The first-order valence-corrected chi connectivity index (χ1v) is 13.5. The number of aromatic nitrogens is 1. The first-order chi connectivity index (χ1) is 19.3. The maximum Gasteiger partial charge on any atom is 0.238 e. The van der Waals surface area contributed by atoms with Crippen LogP contribution in [0.3, 0.4) is 0 Å². The Morgan fingerprint density at radius 2 is 1.85 bits per heavy atom. The molecule has 1 aromatic carbocycles. The molecule has 1 amide bonds. The van der Waals surface area contributed by atoms with E-state index < -0.39 is 22.7 Å². The van der Waals surface area contributed by atoms with Gasteiger partial charge in [-0.15, -0.1) is 0 Å². The van der Waals surface area contributed by atoms with E-state index in [2.05, 4.69) is 15.2 Å². The predicted octanol–water partition coefficient (Wildman–Crippen LogP) is 3.65. The van der Waals surface area contributed by atoms with Crippen LogP contribution in [0.25, 0.3) is 5.57 Å². The lowest BCUT2D eigenvalue weighted by Gasteiger charge is -2.35. The molecule has 5 rings (SSSR count).